The van der Waals surface area contributed by atoms with Crippen LogP contribution in [0, 0.1) is 0 Å². The molecule has 6 nitrogen and oxygen atoms in total. The lowest BCUT2D eigenvalue weighted by Gasteiger charge is -2.11. The van der Waals surface area contributed by atoms with Crippen molar-refractivity contribution in [3.05, 3.63) is 42.0 Å². The minimum absolute atomic E-state index is 0.242. The van der Waals surface area contributed by atoms with Crippen LogP contribution < -0.4 is 15.4 Å². The monoisotopic (exact) mass is 328 g/mol. The second-order valence-corrected chi connectivity index (χ2v) is 5.98. The molecule has 1 aliphatic rings. The van der Waals surface area contributed by atoms with Gasteiger partial charge in [0.2, 0.25) is 0 Å². The average Bonchev–Trinajstić information content (AvgIpc) is 3.01. The van der Waals surface area contributed by atoms with Crippen molar-refractivity contribution >= 4 is 11.7 Å². The Morgan fingerprint density at radius 3 is 3.12 bits per heavy atom. The van der Waals surface area contributed by atoms with Crippen LogP contribution in [-0.2, 0) is 19.5 Å². The number of aryl methyl sites for hydroxylation is 2. The van der Waals surface area contributed by atoms with E-state index in [0.717, 1.165) is 36.7 Å². The summed E-state index contributed by atoms with van der Waals surface area (Å²) in [4.78, 5) is 16.6. The molecule has 2 N–H and O–H groups in total. The molecule has 0 aliphatic carbocycles. The van der Waals surface area contributed by atoms with Gasteiger partial charge in [-0.2, -0.15) is 0 Å². The fraction of sp³-hybridized carbons (Fsp3) is 0.444. The molecule has 0 atom stereocenters. The highest BCUT2D eigenvalue weighted by atomic mass is 16.5. The Kier molecular flexibility index (Phi) is 5.36. The molecule has 0 bridgehead atoms. The number of fused-ring (bicyclic) bond motifs is 1. The van der Waals surface area contributed by atoms with Gasteiger partial charge in [-0.15, -0.1) is 0 Å². The van der Waals surface area contributed by atoms with E-state index in [1.807, 2.05) is 30.5 Å². The summed E-state index contributed by atoms with van der Waals surface area (Å²) in [7, 11) is 0. The summed E-state index contributed by atoms with van der Waals surface area (Å²) in [5.74, 6) is 1.88. The third-order valence-electron chi connectivity index (χ3n) is 3.95. The molecular formula is C18H24N4O2. The van der Waals surface area contributed by atoms with Crippen LogP contribution in [0.15, 0.2) is 30.5 Å². The first-order valence-electron chi connectivity index (χ1n) is 8.57. The summed E-state index contributed by atoms with van der Waals surface area (Å²) < 4.78 is 7.76. The molecule has 128 valence electrons. The number of ether oxygens (including phenoxy) is 1. The van der Waals surface area contributed by atoms with E-state index in [0.29, 0.717) is 18.8 Å². The van der Waals surface area contributed by atoms with Gasteiger partial charge < -0.3 is 19.9 Å². The number of anilines is 1. The first kappa shape index (κ1) is 16.4. The van der Waals surface area contributed by atoms with Crippen LogP contribution in [-0.4, -0.2) is 22.2 Å². The number of benzene rings is 1. The summed E-state index contributed by atoms with van der Waals surface area (Å²) in [5, 5.41) is 5.68. The first-order valence-corrected chi connectivity index (χ1v) is 8.57. The molecule has 2 aromatic rings. The minimum Gasteiger partial charge on any atom is -0.494 e. The van der Waals surface area contributed by atoms with E-state index < -0.39 is 0 Å². The van der Waals surface area contributed by atoms with Gasteiger partial charge in [0.1, 0.15) is 11.6 Å². The predicted molar refractivity (Wildman–Crippen MR) is 93.3 cm³/mol. The lowest BCUT2D eigenvalue weighted by molar-refractivity contribution is 0.251. The number of nitrogens with one attached hydrogen (secondary N) is 2. The predicted octanol–water partition coefficient (Wildman–Crippen LogP) is 3.33. The van der Waals surface area contributed by atoms with Crippen LogP contribution in [0.4, 0.5) is 10.5 Å². The maximum atomic E-state index is 12.1. The molecular weight excluding hydrogens is 304 g/mol. The molecule has 24 heavy (non-hydrogen) atoms. The molecule has 1 aliphatic heterocycles. The molecule has 2 heterocycles. The molecule has 0 saturated heterocycles. The SMILES string of the molecule is CCCOc1cccc(NC(=O)NCc2cn3c(n2)CCCC3)c1. The topological polar surface area (TPSA) is 68.2 Å². The fourth-order valence-electron chi connectivity index (χ4n) is 2.79. The standard InChI is InChI=1S/C18H24N4O2/c1-2-10-24-16-7-5-6-14(11-16)21-18(23)19-12-15-13-22-9-4-3-8-17(22)20-15/h5-7,11,13H,2-4,8-10,12H2,1H3,(H2,19,21,23). The number of urea groups is 1. The van der Waals surface area contributed by atoms with Crippen molar-refractivity contribution in [1.82, 2.24) is 14.9 Å². The van der Waals surface area contributed by atoms with E-state index in [1.54, 1.807) is 0 Å². The van der Waals surface area contributed by atoms with Gasteiger partial charge in [0.15, 0.2) is 0 Å². The van der Waals surface area contributed by atoms with Gasteiger partial charge in [0.05, 0.1) is 18.8 Å². The summed E-state index contributed by atoms with van der Waals surface area (Å²) in [6.07, 6.45) is 6.41. The van der Waals surface area contributed by atoms with Gasteiger partial charge >= 0.3 is 6.03 Å². The average molecular weight is 328 g/mol. The molecule has 0 unspecified atom stereocenters. The van der Waals surface area contributed by atoms with Gasteiger partial charge in [-0.1, -0.05) is 13.0 Å². The Morgan fingerprint density at radius 1 is 1.38 bits per heavy atom. The highest BCUT2D eigenvalue weighted by Gasteiger charge is 2.12. The Hall–Kier alpha value is -2.50. The van der Waals surface area contributed by atoms with Gasteiger partial charge in [-0.25, -0.2) is 9.78 Å². The van der Waals surface area contributed by atoms with E-state index in [9.17, 15) is 4.79 Å². The number of aromatic nitrogens is 2. The molecule has 1 aromatic carbocycles. The molecule has 2 amide bonds. The summed E-state index contributed by atoms with van der Waals surface area (Å²) in [6.45, 7) is 4.18. The van der Waals surface area contributed by atoms with Crippen LogP contribution in [0.5, 0.6) is 5.75 Å². The molecule has 0 fully saturated rings. The van der Waals surface area contributed by atoms with Gasteiger partial charge in [0.25, 0.3) is 0 Å². The molecule has 0 saturated carbocycles. The highest BCUT2D eigenvalue weighted by Crippen LogP contribution is 2.17. The van der Waals surface area contributed by atoms with Gasteiger partial charge in [-0.3, -0.25) is 0 Å². The molecule has 0 spiro atoms. The Labute approximate surface area is 142 Å². The van der Waals surface area contributed by atoms with E-state index in [2.05, 4.69) is 27.1 Å². The maximum absolute atomic E-state index is 12.1. The minimum atomic E-state index is -0.242. The van der Waals surface area contributed by atoms with E-state index in [4.69, 9.17) is 4.74 Å². The van der Waals surface area contributed by atoms with E-state index in [1.165, 1.54) is 12.8 Å². The Balaban J connectivity index is 1.51. The van der Waals surface area contributed by atoms with Crippen molar-refractivity contribution in [2.24, 2.45) is 0 Å². The largest absolute Gasteiger partial charge is 0.494 e. The zero-order chi connectivity index (χ0) is 16.8. The Morgan fingerprint density at radius 2 is 2.29 bits per heavy atom. The second-order valence-electron chi connectivity index (χ2n) is 5.98. The fourth-order valence-corrected chi connectivity index (χ4v) is 2.79. The third kappa shape index (κ3) is 4.28. The van der Waals surface area contributed by atoms with Crippen LogP contribution in [0.2, 0.25) is 0 Å². The lowest BCUT2D eigenvalue weighted by atomic mass is 10.2. The lowest BCUT2D eigenvalue weighted by Crippen LogP contribution is -2.28. The van der Waals surface area contributed by atoms with Gasteiger partial charge in [-0.05, 0) is 31.4 Å². The van der Waals surface area contributed by atoms with Crippen molar-refractivity contribution in [1.29, 1.82) is 0 Å². The van der Waals surface area contributed by atoms with Crippen molar-refractivity contribution in [2.45, 2.75) is 45.7 Å². The number of carbonyl (C=O) groups is 1. The van der Waals surface area contributed by atoms with Crippen molar-refractivity contribution < 1.29 is 9.53 Å². The number of nitrogens with zero attached hydrogens (tertiary/aromatic N) is 2. The number of carbonyl (C=O) groups excluding carboxylic acids is 1. The highest BCUT2D eigenvalue weighted by molar-refractivity contribution is 5.89. The zero-order valence-electron chi connectivity index (χ0n) is 14.0. The number of hydrogen-bond acceptors (Lipinski definition) is 3. The number of rotatable bonds is 6. The molecule has 1 aromatic heterocycles. The van der Waals surface area contributed by atoms with Crippen LogP contribution in [0.25, 0.3) is 0 Å². The van der Waals surface area contributed by atoms with Crippen LogP contribution in [0.3, 0.4) is 0 Å². The normalized spacial score (nSPS) is 13.2. The van der Waals surface area contributed by atoms with E-state index >= 15 is 0 Å². The third-order valence-corrected chi connectivity index (χ3v) is 3.95. The van der Waals surface area contributed by atoms with Crippen LogP contribution in [0.1, 0.15) is 37.7 Å². The molecule has 3 rings (SSSR count). The zero-order valence-corrected chi connectivity index (χ0v) is 14.0. The first-order chi connectivity index (χ1) is 11.7. The maximum Gasteiger partial charge on any atom is 0.319 e. The number of hydrogen-bond donors (Lipinski definition) is 2. The molecule has 0 radical (unpaired) electrons. The van der Waals surface area contributed by atoms with Crippen molar-refractivity contribution in [3.8, 4) is 5.75 Å². The summed E-state index contributed by atoms with van der Waals surface area (Å²) >= 11 is 0. The molecule has 6 heteroatoms. The Bertz CT molecular complexity index is 673. The summed E-state index contributed by atoms with van der Waals surface area (Å²) in [5.41, 5.74) is 1.62. The van der Waals surface area contributed by atoms with Crippen LogP contribution >= 0.6 is 0 Å². The van der Waals surface area contributed by atoms with Crippen molar-refractivity contribution in [2.75, 3.05) is 11.9 Å². The number of amides is 2. The summed E-state index contributed by atoms with van der Waals surface area (Å²) in [6, 6.07) is 7.17. The van der Waals surface area contributed by atoms with Gasteiger partial charge in [0, 0.05) is 30.9 Å². The smallest absolute Gasteiger partial charge is 0.319 e. The number of imidazole rings is 1. The van der Waals surface area contributed by atoms with E-state index in [-0.39, 0.29) is 6.03 Å². The van der Waals surface area contributed by atoms with Crippen molar-refractivity contribution in [3.63, 3.8) is 0 Å². The quantitative estimate of drug-likeness (QED) is 0.854. The second kappa shape index (κ2) is 7.86.